The fraction of sp³-hybridized carbons (Fsp3) is 0.538. The lowest BCUT2D eigenvalue weighted by molar-refractivity contribution is -0.137. The van der Waals surface area contributed by atoms with Crippen LogP contribution in [-0.2, 0) is 6.18 Å². The molecule has 0 saturated heterocycles. The van der Waals surface area contributed by atoms with E-state index in [0.29, 0.717) is 17.3 Å². The molecule has 0 fully saturated rings. The van der Waals surface area contributed by atoms with Gasteiger partial charge in [0.25, 0.3) is 0 Å². The fourth-order valence-electron chi connectivity index (χ4n) is 1.66. The minimum absolute atomic E-state index is 0.0176. The summed E-state index contributed by atoms with van der Waals surface area (Å²) < 4.78 is 39.0. The summed E-state index contributed by atoms with van der Waals surface area (Å²) >= 11 is 3.03. The van der Waals surface area contributed by atoms with Crippen LogP contribution in [0.1, 0.15) is 32.3 Å². The maximum absolute atomic E-state index is 12.9. The third-order valence-electron chi connectivity index (χ3n) is 3.21. The molecule has 1 aromatic rings. The Morgan fingerprint density at radius 3 is 2.26 bits per heavy atom. The zero-order valence-electron chi connectivity index (χ0n) is 10.8. The summed E-state index contributed by atoms with van der Waals surface area (Å²) in [5.74, 6) is 0. The van der Waals surface area contributed by atoms with Gasteiger partial charge in [-0.05, 0) is 31.0 Å². The van der Waals surface area contributed by atoms with Crippen molar-refractivity contribution in [2.24, 2.45) is 0 Å². The number of benzene rings is 1. The van der Waals surface area contributed by atoms with Crippen LogP contribution in [0.4, 0.5) is 18.9 Å². The molecule has 1 rings (SSSR count). The van der Waals surface area contributed by atoms with E-state index >= 15 is 0 Å². The molecule has 0 saturated carbocycles. The Labute approximate surface area is 119 Å². The van der Waals surface area contributed by atoms with Gasteiger partial charge in [-0.15, -0.1) is 0 Å². The normalized spacial score (nSPS) is 12.6. The summed E-state index contributed by atoms with van der Waals surface area (Å²) in [5.41, 5.74) is -1.75. The largest absolute Gasteiger partial charge is 0.418 e. The van der Waals surface area contributed by atoms with Crippen molar-refractivity contribution < 1.29 is 18.3 Å². The molecule has 0 aliphatic heterocycles. The maximum Gasteiger partial charge on any atom is 0.418 e. The van der Waals surface area contributed by atoms with Crippen molar-refractivity contribution in [3.63, 3.8) is 0 Å². The Kier molecular flexibility index (Phi) is 5.26. The van der Waals surface area contributed by atoms with Crippen LogP contribution < -0.4 is 5.32 Å². The number of aliphatic hydroxyl groups is 1. The first-order valence-corrected chi connectivity index (χ1v) is 6.84. The zero-order chi connectivity index (χ0) is 14.7. The van der Waals surface area contributed by atoms with Crippen LogP contribution in [0.15, 0.2) is 22.7 Å². The van der Waals surface area contributed by atoms with Crippen molar-refractivity contribution in [1.29, 1.82) is 0 Å². The average molecular weight is 340 g/mol. The van der Waals surface area contributed by atoms with Crippen LogP contribution in [-0.4, -0.2) is 17.3 Å². The van der Waals surface area contributed by atoms with Crippen LogP contribution in [0.5, 0.6) is 0 Å². The van der Waals surface area contributed by atoms with Gasteiger partial charge in [-0.3, -0.25) is 0 Å². The topological polar surface area (TPSA) is 32.3 Å². The van der Waals surface area contributed by atoms with E-state index in [1.165, 1.54) is 12.1 Å². The molecule has 2 nitrogen and oxygen atoms in total. The summed E-state index contributed by atoms with van der Waals surface area (Å²) in [6, 6.07) is 3.92. The van der Waals surface area contributed by atoms with E-state index in [-0.39, 0.29) is 12.2 Å². The number of rotatable bonds is 5. The summed E-state index contributed by atoms with van der Waals surface area (Å²) in [6.07, 6.45) is -3.47. The van der Waals surface area contributed by atoms with Gasteiger partial charge in [0.1, 0.15) is 0 Å². The highest BCUT2D eigenvalue weighted by Gasteiger charge is 2.34. The summed E-state index contributed by atoms with van der Waals surface area (Å²) in [7, 11) is 0. The summed E-state index contributed by atoms with van der Waals surface area (Å²) in [5, 5.41) is 12.8. The third kappa shape index (κ3) is 4.38. The molecule has 0 bridgehead atoms. The van der Waals surface area contributed by atoms with Gasteiger partial charge in [0.2, 0.25) is 0 Å². The van der Waals surface area contributed by atoms with Crippen molar-refractivity contribution in [3.8, 4) is 0 Å². The van der Waals surface area contributed by atoms with E-state index in [0.717, 1.165) is 6.07 Å². The lowest BCUT2D eigenvalue weighted by atomic mass is 9.97. The molecule has 0 aliphatic carbocycles. The monoisotopic (exact) mass is 339 g/mol. The van der Waals surface area contributed by atoms with Gasteiger partial charge in [0.15, 0.2) is 0 Å². The van der Waals surface area contributed by atoms with E-state index in [1.807, 2.05) is 0 Å². The average Bonchev–Trinajstić information content (AvgIpc) is 2.36. The Balaban J connectivity index is 2.96. The van der Waals surface area contributed by atoms with Crippen molar-refractivity contribution in [2.45, 2.75) is 38.5 Å². The fourth-order valence-corrected chi connectivity index (χ4v) is 2.03. The second kappa shape index (κ2) is 6.13. The number of nitrogens with one attached hydrogen (secondary N) is 1. The van der Waals surface area contributed by atoms with Crippen molar-refractivity contribution >= 4 is 21.6 Å². The highest BCUT2D eigenvalue weighted by atomic mass is 79.9. The Morgan fingerprint density at radius 2 is 1.79 bits per heavy atom. The molecule has 0 heterocycles. The van der Waals surface area contributed by atoms with Gasteiger partial charge >= 0.3 is 6.18 Å². The number of hydrogen-bond acceptors (Lipinski definition) is 2. The van der Waals surface area contributed by atoms with Gasteiger partial charge in [-0.25, -0.2) is 0 Å². The van der Waals surface area contributed by atoms with Gasteiger partial charge in [-0.2, -0.15) is 13.2 Å². The molecule has 19 heavy (non-hydrogen) atoms. The van der Waals surface area contributed by atoms with Gasteiger partial charge in [0, 0.05) is 16.7 Å². The van der Waals surface area contributed by atoms with Gasteiger partial charge < -0.3 is 10.4 Å². The van der Waals surface area contributed by atoms with Crippen molar-refractivity contribution in [1.82, 2.24) is 0 Å². The first-order chi connectivity index (χ1) is 8.72. The lowest BCUT2D eigenvalue weighted by Gasteiger charge is -2.27. The highest BCUT2D eigenvalue weighted by Crippen LogP contribution is 2.36. The SMILES string of the molecule is CCC(O)(CC)CNc1ccc(Br)cc1C(F)(F)F. The highest BCUT2D eigenvalue weighted by molar-refractivity contribution is 9.10. The predicted octanol–water partition coefficient (Wildman–Crippen LogP) is 4.43. The molecule has 0 atom stereocenters. The Bertz CT molecular complexity index is 430. The second-order valence-electron chi connectivity index (χ2n) is 4.47. The smallest absolute Gasteiger partial charge is 0.388 e. The van der Waals surface area contributed by atoms with Crippen molar-refractivity contribution in [2.75, 3.05) is 11.9 Å². The van der Waals surface area contributed by atoms with E-state index in [2.05, 4.69) is 21.2 Å². The first kappa shape index (κ1) is 16.3. The molecule has 0 aromatic heterocycles. The number of alkyl halides is 3. The minimum Gasteiger partial charge on any atom is -0.388 e. The first-order valence-electron chi connectivity index (χ1n) is 6.05. The third-order valence-corrected chi connectivity index (χ3v) is 3.70. The molecule has 0 radical (unpaired) electrons. The summed E-state index contributed by atoms with van der Waals surface area (Å²) in [4.78, 5) is 0. The van der Waals surface area contributed by atoms with Crippen molar-refractivity contribution in [3.05, 3.63) is 28.2 Å². The molecular formula is C13H17BrF3NO. The van der Waals surface area contributed by atoms with Gasteiger partial charge in [-0.1, -0.05) is 29.8 Å². The number of anilines is 1. The second-order valence-corrected chi connectivity index (χ2v) is 5.39. The number of halogens is 4. The van der Waals surface area contributed by atoms with E-state index in [9.17, 15) is 18.3 Å². The molecule has 6 heteroatoms. The standard InChI is InChI=1S/C13H17BrF3NO/c1-3-12(19,4-2)8-18-11-6-5-9(14)7-10(11)13(15,16)17/h5-7,18-19H,3-4,8H2,1-2H3. The predicted molar refractivity (Wildman–Crippen MR) is 73.2 cm³/mol. The lowest BCUT2D eigenvalue weighted by Crippen LogP contribution is -2.35. The van der Waals surface area contributed by atoms with Crippen LogP contribution in [0.2, 0.25) is 0 Å². The van der Waals surface area contributed by atoms with Gasteiger partial charge in [0.05, 0.1) is 11.2 Å². The quantitative estimate of drug-likeness (QED) is 0.831. The molecule has 0 unspecified atom stereocenters. The zero-order valence-corrected chi connectivity index (χ0v) is 12.4. The Morgan fingerprint density at radius 1 is 1.21 bits per heavy atom. The van der Waals surface area contributed by atoms with E-state index in [1.54, 1.807) is 13.8 Å². The summed E-state index contributed by atoms with van der Waals surface area (Å²) in [6.45, 7) is 3.69. The minimum atomic E-state index is -4.43. The van der Waals surface area contributed by atoms with Crippen LogP contribution >= 0.6 is 15.9 Å². The molecule has 0 spiro atoms. The molecule has 1 aromatic carbocycles. The van der Waals surface area contributed by atoms with E-state index in [4.69, 9.17) is 0 Å². The maximum atomic E-state index is 12.9. The molecule has 0 aliphatic rings. The Hall–Kier alpha value is -0.750. The molecule has 2 N–H and O–H groups in total. The van der Waals surface area contributed by atoms with Crippen LogP contribution in [0.3, 0.4) is 0 Å². The molecule has 108 valence electrons. The molecular weight excluding hydrogens is 323 g/mol. The van der Waals surface area contributed by atoms with Crippen LogP contribution in [0, 0.1) is 0 Å². The molecule has 0 amide bonds. The van der Waals surface area contributed by atoms with Crippen LogP contribution in [0.25, 0.3) is 0 Å². The van der Waals surface area contributed by atoms with E-state index < -0.39 is 17.3 Å². The number of hydrogen-bond donors (Lipinski definition) is 2.